The number of thiazole rings is 1. The van der Waals surface area contributed by atoms with Crippen molar-refractivity contribution in [1.82, 2.24) is 19.4 Å². The maximum absolute atomic E-state index is 12.8. The molecule has 6 nitrogen and oxygen atoms in total. The molecule has 4 heterocycles. The largest absolute Gasteiger partial charge is 0.306 e. The number of nitrogens with one attached hydrogen (secondary N) is 1. The highest BCUT2D eigenvalue weighted by atomic mass is 32.1. The van der Waals surface area contributed by atoms with Crippen LogP contribution in [-0.2, 0) is 0 Å². The third-order valence-electron chi connectivity index (χ3n) is 3.80. The molecule has 0 saturated heterocycles. The molecule has 4 aromatic rings. The second-order valence-electron chi connectivity index (χ2n) is 5.73. The minimum absolute atomic E-state index is 0.224. The molecule has 0 radical (unpaired) electrons. The van der Waals surface area contributed by atoms with Crippen LogP contribution in [0.4, 0.5) is 5.13 Å². The highest BCUT2D eigenvalue weighted by Crippen LogP contribution is 2.24. The number of hydrogen-bond acceptors (Lipinski definition) is 5. The molecule has 25 heavy (non-hydrogen) atoms. The number of hydrogen-bond donors (Lipinski definition) is 1. The number of aryl methyl sites for hydroxylation is 2. The van der Waals surface area contributed by atoms with Gasteiger partial charge in [-0.2, -0.15) is 0 Å². The molecule has 4 rings (SSSR count). The molecule has 124 valence electrons. The van der Waals surface area contributed by atoms with E-state index in [4.69, 9.17) is 0 Å². The van der Waals surface area contributed by atoms with Gasteiger partial charge in [-0.1, -0.05) is 0 Å². The second-order valence-corrected chi connectivity index (χ2v) is 6.59. The molecular formula is C18H15N5OS. The zero-order valence-corrected chi connectivity index (χ0v) is 14.5. The summed E-state index contributed by atoms with van der Waals surface area (Å²) in [7, 11) is 0. The lowest BCUT2D eigenvalue weighted by Gasteiger charge is -2.09. The Bertz CT molecular complexity index is 1080. The summed E-state index contributed by atoms with van der Waals surface area (Å²) < 4.78 is 1.85. The smallest absolute Gasteiger partial charge is 0.261 e. The Morgan fingerprint density at radius 2 is 2.00 bits per heavy atom. The normalized spacial score (nSPS) is 11.0. The second kappa shape index (κ2) is 6.10. The van der Waals surface area contributed by atoms with E-state index in [2.05, 4.69) is 20.3 Å². The van der Waals surface area contributed by atoms with Crippen molar-refractivity contribution in [2.45, 2.75) is 13.8 Å². The van der Waals surface area contributed by atoms with Gasteiger partial charge in [-0.3, -0.25) is 15.1 Å². The molecule has 0 aliphatic rings. The molecule has 1 N–H and O–H groups in total. The maximum atomic E-state index is 12.8. The van der Waals surface area contributed by atoms with Crippen LogP contribution in [0.5, 0.6) is 0 Å². The molecule has 1 amide bonds. The molecule has 0 bridgehead atoms. The van der Waals surface area contributed by atoms with E-state index < -0.39 is 0 Å². The van der Waals surface area contributed by atoms with E-state index in [0.29, 0.717) is 16.3 Å². The maximum Gasteiger partial charge on any atom is 0.261 e. The number of aromatic nitrogens is 4. The van der Waals surface area contributed by atoms with Gasteiger partial charge in [0.15, 0.2) is 5.13 Å². The first kappa shape index (κ1) is 15.5. The van der Waals surface area contributed by atoms with Crippen LogP contribution in [0.1, 0.15) is 21.7 Å². The van der Waals surface area contributed by atoms with E-state index in [1.807, 2.05) is 54.2 Å². The quantitative estimate of drug-likeness (QED) is 0.612. The summed E-state index contributed by atoms with van der Waals surface area (Å²) >= 11 is 1.40. The molecule has 0 saturated carbocycles. The van der Waals surface area contributed by atoms with Crippen LogP contribution in [0.2, 0.25) is 0 Å². The summed E-state index contributed by atoms with van der Waals surface area (Å²) in [4.78, 5) is 25.6. The SMILES string of the molecule is Cc1cc(-c2cc(C(=O)Nc3nc(C)cs3)c3nccn3c2)ccn1. The van der Waals surface area contributed by atoms with E-state index in [9.17, 15) is 4.79 Å². The Balaban J connectivity index is 1.79. The molecule has 0 spiro atoms. The van der Waals surface area contributed by atoms with Crippen molar-refractivity contribution in [2.24, 2.45) is 0 Å². The summed E-state index contributed by atoms with van der Waals surface area (Å²) in [6, 6.07) is 5.77. The summed E-state index contributed by atoms with van der Waals surface area (Å²) in [6.45, 7) is 3.84. The van der Waals surface area contributed by atoms with Gasteiger partial charge in [0.2, 0.25) is 0 Å². The molecule has 0 aromatic carbocycles. The van der Waals surface area contributed by atoms with Gasteiger partial charge in [0.05, 0.1) is 11.3 Å². The third-order valence-corrected chi connectivity index (χ3v) is 4.68. The van der Waals surface area contributed by atoms with E-state index in [-0.39, 0.29) is 5.91 Å². The number of rotatable bonds is 3. The molecule has 7 heteroatoms. The number of imidazole rings is 1. The topological polar surface area (TPSA) is 72.2 Å². The lowest BCUT2D eigenvalue weighted by Crippen LogP contribution is -2.13. The Morgan fingerprint density at radius 3 is 2.76 bits per heavy atom. The fraction of sp³-hybridized carbons (Fsp3) is 0.111. The van der Waals surface area contributed by atoms with Crippen LogP contribution in [0.3, 0.4) is 0 Å². The molecule has 0 fully saturated rings. The number of fused-ring (bicyclic) bond motifs is 1. The Labute approximate surface area is 148 Å². The Morgan fingerprint density at radius 1 is 1.12 bits per heavy atom. The zero-order chi connectivity index (χ0) is 17.4. The average Bonchev–Trinajstić information content (AvgIpc) is 3.22. The Kier molecular flexibility index (Phi) is 3.77. The molecular weight excluding hydrogens is 334 g/mol. The zero-order valence-electron chi connectivity index (χ0n) is 13.7. The number of anilines is 1. The van der Waals surface area contributed by atoms with Crippen molar-refractivity contribution in [2.75, 3.05) is 5.32 Å². The van der Waals surface area contributed by atoms with E-state index in [0.717, 1.165) is 22.5 Å². The average molecular weight is 349 g/mol. The van der Waals surface area contributed by atoms with Crippen LogP contribution < -0.4 is 5.32 Å². The summed E-state index contributed by atoms with van der Waals surface area (Å²) in [5.74, 6) is -0.224. The van der Waals surface area contributed by atoms with Gasteiger partial charge in [0.1, 0.15) is 5.65 Å². The highest BCUT2D eigenvalue weighted by Gasteiger charge is 2.16. The van der Waals surface area contributed by atoms with Crippen molar-refractivity contribution < 1.29 is 4.79 Å². The fourth-order valence-corrected chi connectivity index (χ4v) is 3.34. The molecule has 0 atom stereocenters. The molecule has 4 aromatic heterocycles. The number of carbonyl (C=O) groups excluding carboxylic acids is 1. The van der Waals surface area contributed by atoms with E-state index in [1.54, 1.807) is 12.4 Å². The van der Waals surface area contributed by atoms with Gasteiger partial charge in [-0.05, 0) is 43.2 Å². The van der Waals surface area contributed by atoms with Crippen LogP contribution in [0, 0.1) is 13.8 Å². The molecule has 0 aliphatic heterocycles. The predicted molar refractivity (Wildman–Crippen MR) is 98.0 cm³/mol. The highest BCUT2D eigenvalue weighted by molar-refractivity contribution is 7.13. The van der Waals surface area contributed by atoms with Crippen molar-refractivity contribution >= 4 is 28.0 Å². The summed E-state index contributed by atoms with van der Waals surface area (Å²) in [5.41, 5.74) is 4.85. The molecule has 0 unspecified atom stereocenters. The standard InChI is InChI=1S/C18H15N5OS/c1-11-7-13(3-4-19-11)14-8-15(16-20-5-6-23(16)9-14)17(24)22-18-21-12(2)10-25-18/h3-10H,1-2H3,(H,21,22,24). The summed E-state index contributed by atoms with van der Waals surface area (Å²) in [6.07, 6.45) is 7.24. The monoisotopic (exact) mass is 349 g/mol. The minimum Gasteiger partial charge on any atom is -0.306 e. The van der Waals surface area contributed by atoms with Gasteiger partial charge in [-0.25, -0.2) is 9.97 Å². The van der Waals surface area contributed by atoms with Crippen molar-refractivity contribution in [3.63, 3.8) is 0 Å². The van der Waals surface area contributed by atoms with Crippen molar-refractivity contribution in [3.8, 4) is 11.1 Å². The third kappa shape index (κ3) is 3.01. The molecule has 0 aliphatic carbocycles. The van der Waals surface area contributed by atoms with Crippen LogP contribution in [-0.4, -0.2) is 25.3 Å². The number of amides is 1. The number of carbonyl (C=O) groups is 1. The first-order valence-corrected chi connectivity index (χ1v) is 8.61. The van der Waals surface area contributed by atoms with Gasteiger partial charge in [0, 0.05) is 35.9 Å². The van der Waals surface area contributed by atoms with Crippen molar-refractivity contribution in [1.29, 1.82) is 0 Å². The van der Waals surface area contributed by atoms with Gasteiger partial charge >= 0.3 is 0 Å². The lowest BCUT2D eigenvalue weighted by molar-refractivity contribution is 0.102. The van der Waals surface area contributed by atoms with Gasteiger partial charge in [-0.15, -0.1) is 11.3 Å². The Hall–Kier alpha value is -3.06. The fourth-order valence-electron chi connectivity index (χ4n) is 2.66. The van der Waals surface area contributed by atoms with E-state index in [1.165, 1.54) is 11.3 Å². The van der Waals surface area contributed by atoms with E-state index >= 15 is 0 Å². The van der Waals surface area contributed by atoms with Gasteiger partial charge < -0.3 is 4.40 Å². The van der Waals surface area contributed by atoms with Crippen LogP contribution >= 0.6 is 11.3 Å². The van der Waals surface area contributed by atoms with Crippen LogP contribution in [0.25, 0.3) is 16.8 Å². The lowest BCUT2D eigenvalue weighted by atomic mass is 10.1. The number of nitrogens with zero attached hydrogens (tertiary/aromatic N) is 4. The predicted octanol–water partition coefficient (Wildman–Crippen LogP) is 3.72. The first-order chi connectivity index (χ1) is 12.1. The summed E-state index contributed by atoms with van der Waals surface area (Å²) in [5, 5.41) is 5.33. The van der Waals surface area contributed by atoms with Gasteiger partial charge in [0.25, 0.3) is 5.91 Å². The minimum atomic E-state index is -0.224. The van der Waals surface area contributed by atoms with Crippen molar-refractivity contribution in [3.05, 3.63) is 65.3 Å². The number of pyridine rings is 2. The van der Waals surface area contributed by atoms with Crippen LogP contribution in [0.15, 0.2) is 48.4 Å². The first-order valence-electron chi connectivity index (χ1n) is 7.73.